The Labute approximate surface area is 73.6 Å². The van der Waals surface area contributed by atoms with Gasteiger partial charge in [0.25, 0.3) is 6.43 Å². The van der Waals surface area contributed by atoms with Gasteiger partial charge in [-0.05, 0) is 12.5 Å². The number of halogens is 2. The highest BCUT2D eigenvalue weighted by Crippen LogP contribution is 2.23. The van der Waals surface area contributed by atoms with E-state index in [2.05, 4.69) is 4.98 Å². The second-order valence-corrected chi connectivity index (χ2v) is 2.59. The minimum absolute atomic E-state index is 0.134. The quantitative estimate of drug-likeness (QED) is 0.759. The molecule has 0 saturated carbocycles. The summed E-state index contributed by atoms with van der Waals surface area (Å²) in [6, 6.07) is 0. The van der Waals surface area contributed by atoms with Gasteiger partial charge in [-0.1, -0.05) is 0 Å². The number of hydrogen-bond acceptors (Lipinski definition) is 2. The van der Waals surface area contributed by atoms with Crippen molar-refractivity contribution in [1.29, 1.82) is 0 Å². The number of alkyl halides is 2. The van der Waals surface area contributed by atoms with Crippen LogP contribution in [-0.2, 0) is 0 Å². The normalized spacial score (nSPS) is 10.5. The van der Waals surface area contributed by atoms with E-state index in [1.807, 2.05) is 0 Å². The van der Waals surface area contributed by atoms with E-state index in [-0.39, 0.29) is 5.56 Å². The standard InChI is InChI=1S/C8H8F2N2O/c1-4-2-12-3-5(7(9)10)6(4)8(11)13/h2-3,7H,1H3,(H2,11,13). The third-order valence-corrected chi connectivity index (χ3v) is 1.65. The van der Waals surface area contributed by atoms with Crippen molar-refractivity contribution >= 4 is 5.91 Å². The van der Waals surface area contributed by atoms with Crippen LogP contribution < -0.4 is 5.73 Å². The fraction of sp³-hybridized carbons (Fsp3) is 0.250. The summed E-state index contributed by atoms with van der Waals surface area (Å²) < 4.78 is 24.6. The number of carbonyl (C=O) groups is 1. The largest absolute Gasteiger partial charge is 0.366 e. The minimum Gasteiger partial charge on any atom is -0.366 e. The SMILES string of the molecule is Cc1cncc(C(F)F)c1C(N)=O. The zero-order valence-electron chi connectivity index (χ0n) is 6.92. The van der Waals surface area contributed by atoms with Crippen molar-refractivity contribution in [3.63, 3.8) is 0 Å². The number of carbonyl (C=O) groups excluding carboxylic acids is 1. The number of amides is 1. The van der Waals surface area contributed by atoms with Crippen LogP contribution in [-0.4, -0.2) is 10.9 Å². The van der Waals surface area contributed by atoms with E-state index in [9.17, 15) is 13.6 Å². The molecule has 2 N–H and O–H groups in total. The van der Waals surface area contributed by atoms with Crippen molar-refractivity contribution in [2.45, 2.75) is 13.3 Å². The number of rotatable bonds is 2. The highest BCUT2D eigenvalue weighted by Gasteiger charge is 2.18. The zero-order valence-corrected chi connectivity index (χ0v) is 6.92. The van der Waals surface area contributed by atoms with Gasteiger partial charge in [-0.3, -0.25) is 9.78 Å². The van der Waals surface area contributed by atoms with Gasteiger partial charge in [-0.25, -0.2) is 8.78 Å². The number of aromatic nitrogens is 1. The summed E-state index contributed by atoms with van der Waals surface area (Å²) in [6.07, 6.45) is -0.445. The average molecular weight is 186 g/mol. The fourth-order valence-electron chi connectivity index (χ4n) is 1.09. The van der Waals surface area contributed by atoms with Gasteiger partial charge in [0.05, 0.1) is 5.56 Å². The summed E-state index contributed by atoms with van der Waals surface area (Å²) in [6.45, 7) is 1.51. The van der Waals surface area contributed by atoms with Crippen LogP contribution in [0.3, 0.4) is 0 Å². The molecule has 0 bridgehead atoms. The molecule has 5 heteroatoms. The molecule has 0 saturated heterocycles. The molecule has 1 aromatic heterocycles. The van der Waals surface area contributed by atoms with Crippen LogP contribution in [0.4, 0.5) is 8.78 Å². The number of nitrogens with two attached hydrogens (primary N) is 1. The maximum atomic E-state index is 12.3. The molecule has 0 radical (unpaired) electrons. The second-order valence-electron chi connectivity index (χ2n) is 2.59. The van der Waals surface area contributed by atoms with E-state index in [0.717, 1.165) is 6.20 Å². The molecule has 1 aromatic rings. The lowest BCUT2D eigenvalue weighted by Crippen LogP contribution is -2.16. The summed E-state index contributed by atoms with van der Waals surface area (Å²) in [4.78, 5) is 14.4. The molecule has 0 aliphatic rings. The number of pyridine rings is 1. The highest BCUT2D eigenvalue weighted by atomic mass is 19.3. The summed E-state index contributed by atoms with van der Waals surface area (Å²) in [5.41, 5.74) is 4.78. The van der Waals surface area contributed by atoms with Crippen molar-refractivity contribution in [3.8, 4) is 0 Å². The Morgan fingerprint density at radius 1 is 1.54 bits per heavy atom. The summed E-state index contributed by atoms with van der Waals surface area (Å²) in [5.74, 6) is -0.852. The van der Waals surface area contributed by atoms with Gasteiger partial charge in [0.2, 0.25) is 5.91 Å². The van der Waals surface area contributed by atoms with E-state index >= 15 is 0 Å². The Morgan fingerprint density at radius 2 is 2.15 bits per heavy atom. The van der Waals surface area contributed by atoms with Gasteiger partial charge in [0.1, 0.15) is 0 Å². The van der Waals surface area contributed by atoms with Gasteiger partial charge < -0.3 is 5.73 Å². The molecule has 13 heavy (non-hydrogen) atoms. The van der Waals surface area contributed by atoms with Gasteiger partial charge in [0, 0.05) is 18.0 Å². The molecule has 0 unspecified atom stereocenters. The van der Waals surface area contributed by atoms with Crippen LogP contribution in [0.5, 0.6) is 0 Å². The molecular formula is C8H8F2N2O. The van der Waals surface area contributed by atoms with Crippen molar-refractivity contribution in [2.24, 2.45) is 5.73 Å². The third kappa shape index (κ3) is 1.80. The minimum atomic E-state index is -2.73. The summed E-state index contributed by atoms with van der Waals surface area (Å²) in [5, 5.41) is 0. The van der Waals surface area contributed by atoms with Crippen LogP contribution in [0.15, 0.2) is 12.4 Å². The maximum Gasteiger partial charge on any atom is 0.266 e. The molecule has 0 spiro atoms. The van der Waals surface area contributed by atoms with E-state index in [0.29, 0.717) is 5.56 Å². The lowest BCUT2D eigenvalue weighted by Gasteiger charge is -2.06. The number of hydrogen-bond donors (Lipinski definition) is 1. The maximum absolute atomic E-state index is 12.3. The van der Waals surface area contributed by atoms with Gasteiger partial charge in [0.15, 0.2) is 0 Å². The van der Waals surface area contributed by atoms with E-state index in [1.165, 1.54) is 13.1 Å². The van der Waals surface area contributed by atoms with Crippen molar-refractivity contribution in [3.05, 3.63) is 29.1 Å². The summed E-state index contributed by atoms with van der Waals surface area (Å²) >= 11 is 0. The first-order valence-corrected chi connectivity index (χ1v) is 3.56. The molecule has 1 rings (SSSR count). The molecular weight excluding hydrogens is 178 g/mol. The van der Waals surface area contributed by atoms with Crippen molar-refractivity contribution in [1.82, 2.24) is 4.98 Å². The monoisotopic (exact) mass is 186 g/mol. The van der Waals surface area contributed by atoms with Crippen LogP contribution in [0.2, 0.25) is 0 Å². The molecule has 1 amide bonds. The smallest absolute Gasteiger partial charge is 0.266 e. The molecule has 3 nitrogen and oxygen atoms in total. The topological polar surface area (TPSA) is 56.0 Å². The van der Waals surface area contributed by atoms with E-state index in [4.69, 9.17) is 5.73 Å². The van der Waals surface area contributed by atoms with Crippen molar-refractivity contribution in [2.75, 3.05) is 0 Å². The summed E-state index contributed by atoms with van der Waals surface area (Å²) in [7, 11) is 0. The number of primary amides is 1. The first kappa shape index (κ1) is 9.57. The Hall–Kier alpha value is -1.52. The molecule has 0 aromatic carbocycles. The average Bonchev–Trinajstić information content (AvgIpc) is 2.02. The molecule has 0 aliphatic carbocycles. The van der Waals surface area contributed by atoms with Crippen LogP contribution in [0.25, 0.3) is 0 Å². The van der Waals surface area contributed by atoms with E-state index in [1.54, 1.807) is 0 Å². The zero-order chi connectivity index (χ0) is 10.0. The lowest BCUT2D eigenvalue weighted by molar-refractivity contribution is 0.0985. The number of aryl methyl sites for hydroxylation is 1. The molecule has 0 atom stereocenters. The molecule has 70 valence electrons. The van der Waals surface area contributed by atoms with Crippen molar-refractivity contribution < 1.29 is 13.6 Å². The third-order valence-electron chi connectivity index (χ3n) is 1.65. The second kappa shape index (κ2) is 3.47. The first-order chi connectivity index (χ1) is 6.04. The number of nitrogens with zero attached hydrogens (tertiary/aromatic N) is 1. The van der Waals surface area contributed by atoms with E-state index < -0.39 is 17.9 Å². The first-order valence-electron chi connectivity index (χ1n) is 3.56. The van der Waals surface area contributed by atoms with Crippen LogP contribution >= 0.6 is 0 Å². The molecule has 0 aliphatic heterocycles. The van der Waals surface area contributed by atoms with Crippen LogP contribution in [0, 0.1) is 6.92 Å². The highest BCUT2D eigenvalue weighted by molar-refractivity contribution is 5.95. The Morgan fingerprint density at radius 3 is 2.54 bits per heavy atom. The van der Waals surface area contributed by atoms with Gasteiger partial charge in [-0.15, -0.1) is 0 Å². The van der Waals surface area contributed by atoms with Gasteiger partial charge in [-0.2, -0.15) is 0 Å². The Bertz CT molecular complexity index is 339. The molecule has 1 heterocycles. The predicted octanol–water partition coefficient (Wildman–Crippen LogP) is 1.43. The Kier molecular flexibility index (Phi) is 2.55. The molecule has 0 fully saturated rings. The van der Waals surface area contributed by atoms with Crippen LogP contribution in [0.1, 0.15) is 27.9 Å². The Balaban J connectivity index is 3.34. The van der Waals surface area contributed by atoms with Gasteiger partial charge >= 0.3 is 0 Å². The lowest BCUT2D eigenvalue weighted by atomic mass is 10.1. The predicted molar refractivity (Wildman–Crippen MR) is 42.4 cm³/mol. The fourth-order valence-corrected chi connectivity index (χ4v) is 1.09.